The van der Waals surface area contributed by atoms with Gasteiger partial charge in [-0.3, -0.25) is 19.3 Å². The van der Waals surface area contributed by atoms with Gasteiger partial charge in [0, 0.05) is 29.1 Å². The summed E-state index contributed by atoms with van der Waals surface area (Å²) in [4.78, 5) is 49.4. The van der Waals surface area contributed by atoms with Crippen LogP contribution in [0.1, 0.15) is 46.0 Å². The Balaban J connectivity index is 1.01. The van der Waals surface area contributed by atoms with Crippen molar-refractivity contribution in [1.82, 2.24) is 4.90 Å². The molecule has 4 aliphatic heterocycles. The predicted octanol–water partition coefficient (Wildman–Crippen LogP) is 8.25. The third kappa shape index (κ3) is 6.38. The summed E-state index contributed by atoms with van der Waals surface area (Å²) >= 11 is 0. The topological polar surface area (TPSA) is 109 Å². The smallest absolute Gasteiger partial charge is 0.264 e. The number of anilines is 3. The van der Waals surface area contributed by atoms with Crippen LogP contribution in [-0.2, 0) is 39.4 Å². The molecule has 0 unspecified atom stereocenters. The van der Waals surface area contributed by atoms with Gasteiger partial charge in [-0.15, -0.1) is 0 Å². The summed E-state index contributed by atoms with van der Waals surface area (Å²) in [5, 5.41) is 13.7. The Morgan fingerprint density at radius 1 is 0.825 bits per heavy atom. The lowest BCUT2D eigenvalue weighted by atomic mass is 9.82. The van der Waals surface area contributed by atoms with Crippen LogP contribution in [0.25, 0.3) is 10.8 Å². The van der Waals surface area contributed by atoms with E-state index in [9.17, 15) is 14.7 Å². The summed E-state index contributed by atoms with van der Waals surface area (Å²) in [5.41, 5.74) is 5.26. The van der Waals surface area contributed by atoms with Crippen LogP contribution in [0, 0.1) is 5.92 Å². The molecule has 6 aromatic carbocycles. The summed E-state index contributed by atoms with van der Waals surface area (Å²) in [5.74, 6) is 0.668. The van der Waals surface area contributed by atoms with Crippen LogP contribution in [0.2, 0.25) is 18.6 Å². The van der Waals surface area contributed by atoms with Crippen LogP contribution in [0.4, 0.5) is 17.1 Å². The lowest BCUT2D eigenvalue weighted by Gasteiger charge is -2.39. The molecule has 1 spiro atoms. The van der Waals surface area contributed by atoms with E-state index in [1.807, 2.05) is 114 Å². The number of hydrogen-bond acceptors (Lipinski definition) is 7. The molecule has 63 heavy (non-hydrogen) atoms. The van der Waals surface area contributed by atoms with Crippen LogP contribution in [0.3, 0.4) is 0 Å². The molecule has 3 amide bonds. The van der Waals surface area contributed by atoms with Gasteiger partial charge in [-0.1, -0.05) is 98.0 Å². The van der Waals surface area contributed by atoms with Crippen molar-refractivity contribution in [2.75, 3.05) is 30.6 Å². The fourth-order valence-corrected chi connectivity index (χ4v) is 15.2. The van der Waals surface area contributed by atoms with E-state index >= 15 is 4.79 Å². The number of amides is 3. The molecule has 0 aromatic heterocycles. The first-order valence-corrected chi connectivity index (χ1v) is 24.8. The standard InChI is InChI=1S/C52H51N3O7Si/c1-32-49(63(4,5)41-23-20-39(60-2)21-24-41)46(28-47(57)53-30-36-11-7-6-10-35(36)26-38(53)31-56)62-52(32)43-27-40(61-3)22-25-44(43)54(51(52)59)29-33-16-18-37(19-17-33)55-45-15-9-13-34-12-8-14-42(48(34)45)50(55)58/h6-25,27,32,38,46,49,56H,26,28-31H2,1-5H3/t32-,38-,46+,49-,52+/m0/s1. The van der Waals surface area contributed by atoms with Crippen LogP contribution in [0.15, 0.2) is 127 Å². The number of hydrogen-bond donors (Lipinski definition) is 1. The molecule has 0 aliphatic carbocycles. The van der Waals surface area contributed by atoms with Crippen molar-refractivity contribution in [3.05, 3.63) is 155 Å². The second kappa shape index (κ2) is 15.5. The lowest BCUT2D eigenvalue weighted by molar-refractivity contribution is -0.151. The van der Waals surface area contributed by atoms with Crippen LogP contribution in [0.5, 0.6) is 11.5 Å². The first-order chi connectivity index (χ1) is 30.5. The summed E-state index contributed by atoms with van der Waals surface area (Å²) in [6.45, 7) is 7.24. The van der Waals surface area contributed by atoms with Crippen molar-refractivity contribution < 1.29 is 33.7 Å². The Bertz CT molecular complexity index is 2790. The van der Waals surface area contributed by atoms with E-state index in [1.165, 1.54) is 5.19 Å². The number of nitrogens with zero attached hydrogens (tertiary/aromatic N) is 3. The van der Waals surface area contributed by atoms with Gasteiger partial charge in [-0.05, 0) is 88.6 Å². The van der Waals surface area contributed by atoms with Crippen molar-refractivity contribution in [3.8, 4) is 11.5 Å². The molecule has 5 atom stereocenters. The van der Waals surface area contributed by atoms with Gasteiger partial charge in [0.25, 0.3) is 11.8 Å². The number of rotatable bonds is 10. The predicted molar refractivity (Wildman–Crippen MR) is 247 cm³/mol. The van der Waals surface area contributed by atoms with Gasteiger partial charge in [0.15, 0.2) is 5.60 Å². The fourth-order valence-electron chi connectivity index (χ4n) is 11.2. The normalized spacial score (nSPS) is 22.5. The molecule has 320 valence electrons. The van der Waals surface area contributed by atoms with E-state index in [0.717, 1.165) is 55.8 Å². The molecular weight excluding hydrogens is 807 g/mol. The van der Waals surface area contributed by atoms with Crippen LogP contribution >= 0.6 is 0 Å². The number of methoxy groups -OCH3 is 2. The minimum absolute atomic E-state index is 0.0584. The van der Waals surface area contributed by atoms with Crippen molar-refractivity contribution >= 4 is 58.8 Å². The second-order valence-corrected chi connectivity index (χ2v) is 22.6. The summed E-state index contributed by atoms with van der Waals surface area (Å²) in [6, 6.07) is 41.3. The molecular formula is C52H51N3O7Si. The Hall–Kier alpha value is -6.27. The first kappa shape index (κ1) is 40.8. The van der Waals surface area contributed by atoms with E-state index in [2.05, 4.69) is 38.2 Å². The average molecular weight is 858 g/mol. The van der Waals surface area contributed by atoms with E-state index in [0.29, 0.717) is 24.3 Å². The zero-order chi connectivity index (χ0) is 43.8. The van der Waals surface area contributed by atoms with Gasteiger partial charge in [0.1, 0.15) is 11.5 Å². The highest BCUT2D eigenvalue weighted by atomic mass is 28.3. The van der Waals surface area contributed by atoms with Crippen molar-refractivity contribution in [2.24, 2.45) is 5.92 Å². The summed E-state index contributed by atoms with van der Waals surface area (Å²) in [6.07, 6.45) is 0.0177. The number of aliphatic hydroxyl groups is 1. The molecule has 11 heteroatoms. The Morgan fingerprint density at radius 3 is 2.24 bits per heavy atom. The highest BCUT2D eigenvalue weighted by molar-refractivity contribution is 6.91. The zero-order valence-corrected chi connectivity index (χ0v) is 37.2. The molecule has 1 fully saturated rings. The van der Waals surface area contributed by atoms with Crippen LogP contribution in [-0.4, -0.2) is 68.8 Å². The van der Waals surface area contributed by atoms with E-state index in [1.54, 1.807) is 24.0 Å². The number of benzene rings is 6. The SMILES string of the molecule is COc1ccc([Si](C)(C)[C@@H]2[C@@H](CC(=O)N3Cc4ccccc4C[C@H]3CO)O[C@]3(C(=O)N(Cc4ccc(N5C(=O)c6cccc7cccc5c67)cc4)c4ccc(OC)cc43)[C@H]2C)cc1. The monoisotopic (exact) mass is 857 g/mol. The minimum atomic E-state index is -2.57. The molecule has 0 bridgehead atoms. The Kier molecular flexibility index (Phi) is 10.0. The molecule has 0 radical (unpaired) electrons. The third-order valence-corrected chi connectivity index (χ3v) is 18.8. The maximum atomic E-state index is 15.6. The highest BCUT2D eigenvalue weighted by Crippen LogP contribution is 2.61. The molecule has 0 saturated carbocycles. The average Bonchev–Trinajstić information content (AvgIpc) is 3.86. The van der Waals surface area contributed by atoms with Crippen molar-refractivity contribution in [2.45, 2.75) is 69.2 Å². The van der Waals surface area contributed by atoms with Gasteiger partial charge in [-0.25, -0.2) is 0 Å². The Labute approximate surface area is 368 Å². The van der Waals surface area contributed by atoms with Crippen molar-refractivity contribution in [1.29, 1.82) is 0 Å². The van der Waals surface area contributed by atoms with Crippen LogP contribution < -0.4 is 24.5 Å². The zero-order valence-electron chi connectivity index (χ0n) is 36.2. The molecule has 1 N–H and O–H groups in total. The quantitative estimate of drug-likeness (QED) is 0.138. The van der Waals surface area contributed by atoms with E-state index < -0.39 is 19.8 Å². The number of fused-ring (bicyclic) bond motifs is 3. The van der Waals surface area contributed by atoms with Gasteiger partial charge in [0.2, 0.25) is 5.91 Å². The largest absolute Gasteiger partial charge is 0.497 e. The van der Waals surface area contributed by atoms with E-state index in [4.69, 9.17) is 14.2 Å². The number of ether oxygens (including phenoxy) is 3. The minimum Gasteiger partial charge on any atom is -0.497 e. The van der Waals surface area contributed by atoms with Gasteiger partial charge >= 0.3 is 0 Å². The third-order valence-electron chi connectivity index (χ3n) is 14.4. The molecule has 4 heterocycles. The highest BCUT2D eigenvalue weighted by Gasteiger charge is 2.66. The summed E-state index contributed by atoms with van der Waals surface area (Å²) < 4.78 is 18.7. The maximum absolute atomic E-state index is 15.6. The van der Waals surface area contributed by atoms with Gasteiger partial charge in [-0.2, -0.15) is 0 Å². The van der Waals surface area contributed by atoms with Gasteiger partial charge in [0.05, 0.1) is 70.9 Å². The molecule has 10 rings (SSSR count). The molecule has 10 nitrogen and oxygen atoms in total. The number of aliphatic hydroxyl groups excluding tert-OH is 1. The second-order valence-electron chi connectivity index (χ2n) is 18.0. The van der Waals surface area contributed by atoms with Gasteiger partial charge < -0.3 is 29.1 Å². The summed E-state index contributed by atoms with van der Waals surface area (Å²) in [7, 11) is 0.699. The molecule has 6 aromatic rings. The lowest BCUT2D eigenvalue weighted by Crippen LogP contribution is -2.52. The fraction of sp³-hybridized carbons (Fsp3) is 0.288. The van der Waals surface area contributed by atoms with Crippen molar-refractivity contribution in [3.63, 3.8) is 0 Å². The Morgan fingerprint density at radius 2 is 1.52 bits per heavy atom. The first-order valence-electron chi connectivity index (χ1n) is 21.7. The molecule has 4 aliphatic rings. The number of carbonyl (C=O) groups excluding carboxylic acids is 3. The number of carbonyl (C=O) groups is 3. The molecule has 1 saturated heterocycles. The van der Waals surface area contributed by atoms with E-state index in [-0.39, 0.29) is 54.8 Å². The maximum Gasteiger partial charge on any atom is 0.264 e.